The molecule has 0 radical (unpaired) electrons. The van der Waals surface area contributed by atoms with Crippen molar-refractivity contribution in [3.8, 4) is 0 Å². The maximum atomic E-state index is 12.7. The molecule has 0 aromatic heterocycles. The molecule has 0 saturated carbocycles. The highest BCUT2D eigenvalue weighted by Gasteiger charge is 2.34. The summed E-state index contributed by atoms with van der Waals surface area (Å²) < 4.78 is 38.1. The largest absolute Gasteiger partial charge is 0.418 e. The van der Waals surface area contributed by atoms with Crippen LogP contribution in [0.25, 0.3) is 0 Å². The zero-order valence-corrected chi connectivity index (χ0v) is 9.44. The van der Waals surface area contributed by atoms with E-state index < -0.39 is 11.7 Å². The first-order valence-corrected chi connectivity index (χ1v) is 5.04. The van der Waals surface area contributed by atoms with Gasteiger partial charge in [-0.15, -0.1) is 12.6 Å². The summed E-state index contributed by atoms with van der Waals surface area (Å²) in [5, 5.41) is 7.10. The third-order valence-electron chi connectivity index (χ3n) is 2.07. The first-order chi connectivity index (χ1) is 7.38. The molecule has 0 aliphatic carbocycles. The minimum Gasteiger partial charge on any atom is -0.321 e. The fourth-order valence-electron chi connectivity index (χ4n) is 1.38. The average molecular weight is 248 g/mol. The molecule has 0 spiro atoms. The molecule has 6 heteroatoms. The summed E-state index contributed by atoms with van der Waals surface area (Å²) in [6.07, 6.45) is -4.42. The molecule has 0 unspecified atom stereocenters. The third kappa shape index (κ3) is 2.69. The van der Waals surface area contributed by atoms with Crippen LogP contribution in [-0.4, -0.2) is 11.7 Å². The van der Waals surface area contributed by atoms with Gasteiger partial charge in [0.25, 0.3) is 0 Å². The molecular formula is C10H11F3N2S. The Hall–Kier alpha value is -1.17. The minimum absolute atomic E-state index is 0.0440. The lowest BCUT2D eigenvalue weighted by Gasteiger charge is -2.24. The summed E-state index contributed by atoms with van der Waals surface area (Å²) >= 11 is 3.77. The van der Waals surface area contributed by atoms with Crippen LogP contribution >= 0.6 is 12.6 Å². The van der Waals surface area contributed by atoms with Crippen molar-refractivity contribution in [3.05, 3.63) is 29.8 Å². The normalized spacial score (nSPS) is 11.3. The van der Waals surface area contributed by atoms with E-state index in [0.29, 0.717) is 0 Å². The zero-order valence-electron chi connectivity index (χ0n) is 8.54. The van der Waals surface area contributed by atoms with Crippen LogP contribution in [-0.2, 0) is 6.18 Å². The van der Waals surface area contributed by atoms with Gasteiger partial charge in [-0.1, -0.05) is 12.1 Å². The number of rotatable bonds is 2. The lowest BCUT2D eigenvalue weighted by molar-refractivity contribution is -0.137. The van der Waals surface area contributed by atoms with Gasteiger partial charge in [-0.25, -0.2) is 0 Å². The molecule has 1 aromatic carbocycles. The highest BCUT2D eigenvalue weighted by molar-refractivity contribution is 7.97. The van der Waals surface area contributed by atoms with E-state index >= 15 is 0 Å². The molecule has 0 saturated heterocycles. The van der Waals surface area contributed by atoms with Crippen molar-refractivity contribution in [2.45, 2.75) is 13.1 Å². The summed E-state index contributed by atoms with van der Waals surface area (Å²) in [6.45, 7) is 1.92. The van der Waals surface area contributed by atoms with Crippen LogP contribution < -0.4 is 4.90 Å². The molecule has 0 fully saturated rings. The molecular weight excluding hydrogens is 237 g/mol. The van der Waals surface area contributed by atoms with Crippen LogP contribution in [0.3, 0.4) is 0 Å². The second-order valence-electron chi connectivity index (χ2n) is 3.08. The molecule has 1 rings (SSSR count). The van der Waals surface area contributed by atoms with E-state index in [1.54, 1.807) is 6.92 Å². The van der Waals surface area contributed by atoms with Gasteiger partial charge >= 0.3 is 6.18 Å². The van der Waals surface area contributed by atoms with Crippen LogP contribution in [0.4, 0.5) is 18.9 Å². The van der Waals surface area contributed by atoms with Crippen LogP contribution in [0, 0.1) is 5.41 Å². The highest BCUT2D eigenvalue weighted by atomic mass is 32.1. The van der Waals surface area contributed by atoms with Gasteiger partial charge in [0, 0.05) is 6.54 Å². The Morgan fingerprint density at radius 3 is 2.38 bits per heavy atom. The average Bonchev–Trinajstić information content (AvgIpc) is 2.17. The van der Waals surface area contributed by atoms with Crippen molar-refractivity contribution >= 4 is 23.5 Å². The molecule has 1 N–H and O–H groups in total. The van der Waals surface area contributed by atoms with Gasteiger partial charge in [-0.3, -0.25) is 5.41 Å². The molecule has 0 atom stereocenters. The number of nitrogens with one attached hydrogen (secondary N) is 1. The van der Waals surface area contributed by atoms with Gasteiger partial charge < -0.3 is 4.90 Å². The van der Waals surface area contributed by atoms with Crippen molar-refractivity contribution in [2.75, 3.05) is 11.4 Å². The third-order valence-corrected chi connectivity index (χ3v) is 2.31. The number of halogens is 3. The van der Waals surface area contributed by atoms with Gasteiger partial charge in [0.2, 0.25) is 0 Å². The molecule has 0 bridgehead atoms. The van der Waals surface area contributed by atoms with Crippen LogP contribution in [0.15, 0.2) is 24.3 Å². The van der Waals surface area contributed by atoms with Gasteiger partial charge in [-0.2, -0.15) is 13.2 Å². The first kappa shape index (κ1) is 12.9. The summed E-state index contributed by atoms with van der Waals surface area (Å²) in [5.74, 6) is 0. The Labute approximate surface area is 97.0 Å². The molecule has 88 valence electrons. The Kier molecular flexibility index (Phi) is 3.85. The van der Waals surface area contributed by atoms with Gasteiger partial charge in [0.15, 0.2) is 5.17 Å². The van der Waals surface area contributed by atoms with Crippen molar-refractivity contribution < 1.29 is 13.2 Å². The van der Waals surface area contributed by atoms with E-state index in [9.17, 15) is 13.2 Å². The van der Waals surface area contributed by atoms with E-state index in [1.165, 1.54) is 23.1 Å². The predicted octanol–water partition coefficient (Wildman–Crippen LogP) is 3.40. The van der Waals surface area contributed by atoms with E-state index in [0.717, 1.165) is 6.07 Å². The SMILES string of the molecule is CCN(C(=N)S)c1ccccc1C(F)(F)F. The molecule has 0 amide bonds. The van der Waals surface area contributed by atoms with Crippen molar-refractivity contribution in [1.82, 2.24) is 0 Å². The smallest absolute Gasteiger partial charge is 0.321 e. The van der Waals surface area contributed by atoms with E-state index in [1.807, 2.05) is 0 Å². The molecule has 1 aromatic rings. The number of hydrogen-bond donors (Lipinski definition) is 2. The number of nitrogens with zero attached hydrogens (tertiary/aromatic N) is 1. The molecule has 2 nitrogen and oxygen atoms in total. The van der Waals surface area contributed by atoms with Crippen LogP contribution in [0.2, 0.25) is 0 Å². The lowest BCUT2D eigenvalue weighted by Crippen LogP contribution is -2.28. The number of thiol groups is 1. The summed E-state index contributed by atoms with van der Waals surface area (Å²) in [6, 6.07) is 5.15. The monoisotopic (exact) mass is 248 g/mol. The molecule has 16 heavy (non-hydrogen) atoms. The van der Waals surface area contributed by atoms with Crippen molar-refractivity contribution in [3.63, 3.8) is 0 Å². The summed E-state index contributed by atoms with van der Waals surface area (Å²) in [7, 11) is 0. The second-order valence-corrected chi connectivity index (χ2v) is 3.51. The van der Waals surface area contributed by atoms with Crippen molar-refractivity contribution in [1.29, 1.82) is 5.41 Å². The Bertz CT molecular complexity index is 390. The fraction of sp³-hybridized carbons (Fsp3) is 0.300. The van der Waals surface area contributed by atoms with E-state index in [-0.39, 0.29) is 17.4 Å². The standard InChI is InChI=1S/C10H11F3N2S/c1-2-15(9(14)16)8-6-4-3-5-7(8)10(11,12)13/h3-6H,2H2,1H3,(H2,14,16). The fourth-order valence-corrected chi connectivity index (χ4v) is 1.63. The molecule has 0 heterocycles. The Morgan fingerprint density at radius 1 is 1.38 bits per heavy atom. The number of alkyl halides is 3. The Morgan fingerprint density at radius 2 is 1.94 bits per heavy atom. The predicted molar refractivity (Wildman–Crippen MR) is 61.2 cm³/mol. The van der Waals surface area contributed by atoms with E-state index in [4.69, 9.17) is 5.41 Å². The number of para-hydroxylation sites is 1. The van der Waals surface area contributed by atoms with Crippen LogP contribution in [0.5, 0.6) is 0 Å². The zero-order chi connectivity index (χ0) is 12.3. The minimum atomic E-state index is -4.42. The van der Waals surface area contributed by atoms with Gasteiger partial charge in [-0.05, 0) is 19.1 Å². The number of benzene rings is 1. The highest BCUT2D eigenvalue weighted by Crippen LogP contribution is 2.36. The number of anilines is 1. The maximum absolute atomic E-state index is 12.7. The van der Waals surface area contributed by atoms with Crippen molar-refractivity contribution in [2.24, 2.45) is 0 Å². The van der Waals surface area contributed by atoms with Gasteiger partial charge in [0.1, 0.15) is 0 Å². The quantitative estimate of drug-likeness (QED) is 0.468. The number of amidine groups is 1. The van der Waals surface area contributed by atoms with Gasteiger partial charge in [0.05, 0.1) is 11.3 Å². The lowest BCUT2D eigenvalue weighted by atomic mass is 10.1. The topological polar surface area (TPSA) is 27.1 Å². The summed E-state index contributed by atoms with van der Waals surface area (Å²) in [4.78, 5) is 1.19. The second kappa shape index (κ2) is 4.78. The Balaban J connectivity index is 3.27. The molecule has 0 aliphatic heterocycles. The van der Waals surface area contributed by atoms with E-state index in [2.05, 4.69) is 12.6 Å². The number of hydrogen-bond acceptors (Lipinski definition) is 1. The molecule has 0 aliphatic rings. The summed E-state index contributed by atoms with van der Waals surface area (Å²) in [5.41, 5.74) is -0.798. The maximum Gasteiger partial charge on any atom is 0.418 e. The van der Waals surface area contributed by atoms with Crippen LogP contribution in [0.1, 0.15) is 12.5 Å². The first-order valence-electron chi connectivity index (χ1n) is 4.59.